The number of nitrogens with zero attached hydrogens (tertiary/aromatic N) is 4. The summed E-state index contributed by atoms with van der Waals surface area (Å²) in [4.78, 5) is 24.4. The average Bonchev–Trinajstić information content (AvgIpc) is 2.46. The maximum Gasteiger partial charge on any atom is 0.358 e. The molecule has 6 nitrogen and oxygen atoms in total. The van der Waals surface area contributed by atoms with Crippen molar-refractivity contribution in [2.75, 3.05) is 38.2 Å². The number of hydrogen-bond donors (Lipinski definition) is 0. The Bertz CT molecular complexity index is 452. The second kappa shape index (κ2) is 5.97. The molecule has 0 amide bonds. The second-order valence-electron chi connectivity index (χ2n) is 4.68. The van der Waals surface area contributed by atoms with E-state index in [4.69, 9.17) is 0 Å². The van der Waals surface area contributed by atoms with Gasteiger partial charge in [-0.15, -0.1) is 0 Å². The minimum atomic E-state index is -0.449. The summed E-state index contributed by atoms with van der Waals surface area (Å²) in [5.41, 5.74) is 0.255. The van der Waals surface area contributed by atoms with Crippen LogP contribution in [0.4, 0.5) is 5.82 Å². The molecule has 1 aliphatic rings. The molecular weight excluding hydrogens is 244 g/mol. The van der Waals surface area contributed by atoms with E-state index in [0.717, 1.165) is 32.0 Å². The first-order valence-electron chi connectivity index (χ1n) is 6.55. The second-order valence-corrected chi connectivity index (χ2v) is 4.68. The van der Waals surface area contributed by atoms with Crippen molar-refractivity contribution in [3.8, 4) is 0 Å². The zero-order valence-electron chi connectivity index (χ0n) is 11.7. The molecule has 1 unspecified atom stereocenters. The van der Waals surface area contributed by atoms with E-state index in [9.17, 15) is 4.79 Å². The summed E-state index contributed by atoms with van der Waals surface area (Å²) in [6.07, 6.45) is 3.13. The standard InChI is InChI=1S/C13H20N4O2/c1-4-16-5-6-17(9-10(16)2)12-8-14-7-11(15-12)13(18)19-3/h7-8,10H,4-6,9H2,1-3H3. The molecule has 1 aliphatic heterocycles. The van der Waals surface area contributed by atoms with Crippen LogP contribution in [0.25, 0.3) is 0 Å². The van der Waals surface area contributed by atoms with Crippen LogP contribution in [0.2, 0.25) is 0 Å². The monoisotopic (exact) mass is 264 g/mol. The Balaban J connectivity index is 2.12. The molecule has 1 fully saturated rings. The molecule has 1 aromatic rings. The van der Waals surface area contributed by atoms with Crippen molar-refractivity contribution >= 4 is 11.8 Å². The highest BCUT2D eigenvalue weighted by Gasteiger charge is 2.23. The minimum Gasteiger partial charge on any atom is -0.464 e. The molecule has 0 bridgehead atoms. The molecule has 19 heavy (non-hydrogen) atoms. The van der Waals surface area contributed by atoms with E-state index < -0.39 is 5.97 Å². The Morgan fingerprint density at radius 1 is 1.47 bits per heavy atom. The summed E-state index contributed by atoms with van der Waals surface area (Å²) in [5, 5.41) is 0. The van der Waals surface area contributed by atoms with Crippen molar-refractivity contribution in [2.24, 2.45) is 0 Å². The largest absolute Gasteiger partial charge is 0.464 e. The molecule has 104 valence electrons. The first-order chi connectivity index (χ1) is 9.15. The third kappa shape index (κ3) is 3.01. The van der Waals surface area contributed by atoms with E-state index >= 15 is 0 Å². The Morgan fingerprint density at radius 3 is 2.89 bits per heavy atom. The molecule has 0 aromatic carbocycles. The lowest BCUT2D eigenvalue weighted by molar-refractivity contribution is 0.0593. The molecule has 0 N–H and O–H groups in total. The molecule has 1 saturated heterocycles. The number of ether oxygens (including phenoxy) is 1. The molecule has 6 heteroatoms. The van der Waals surface area contributed by atoms with Crippen LogP contribution in [-0.4, -0.2) is 60.2 Å². The third-order valence-electron chi connectivity index (χ3n) is 3.51. The number of aromatic nitrogens is 2. The van der Waals surface area contributed by atoms with Gasteiger partial charge >= 0.3 is 5.97 Å². The van der Waals surface area contributed by atoms with Crippen molar-refractivity contribution in [3.63, 3.8) is 0 Å². The first kappa shape index (κ1) is 13.7. The summed E-state index contributed by atoms with van der Waals surface area (Å²) in [7, 11) is 1.35. The van der Waals surface area contributed by atoms with Crippen LogP contribution in [0.3, 0.4) is 0 Å². The zero-order chi connectivity index (χ0) is 13.8. The van der Waals surface area contributed by atoms with Crippen molar-refractivity contribution in [2.45, 2.75) is 19.9 Å². The fourth-order valence-electron chi connectivity index (χ4n) is 2.38. The number of methoxy groups -OCH3 is 1. The van der Waals surface area contributed by atoms with Gasteiger partial charge in [0, 0.05) is 25.7 Å². The lowest BCUT2D eigenvalue weighted by Crippen LogP contribution is -2.52. The van der Waals surface area contributed by atoms with Gasteiger partial charge in [-0.2, -0.15) is 0 Å². The van der Waals surface area contributed by atoms with Crippen LogP contribution >= 0.6 is 0 Å². The van der Waals surface area contributed by atoms with Gasteiger partial charge in [0.1, 0.15) is 5.82 Å². The Labute approximate surface area is 113 Å². The number of esters is 1. The topological polar surface area (TPSA) is 58.6 Å². The highest BCUT2D eigenvalue weighted by atomic mass is 16.5. The predicted molar refractivity (Wildman–Crippen MR) is 72.3 cm³/mol. The molecule has 0 radical (unpaired) electrons. The third-order valence-corrected chi connectivity index (χ3v) is 3.51. The average molecular weight is 264 g/mol. The van der Waals surface area contributed by atoms with Crippen molar-refractivity contribution in [1.29, 1.82) is 0 Å². The van der Waals surface area contributed by atoms with Gasteiger partial charge in [-0.3, -0.25) is 9.88 Å². The van der Waals surface area contributed by atoms with Crippen molar-refractivity contribution in [3.05, 3.63) is 18.1 Å². The summed E-state index contributed by atoms with van der Waals surface area (Å²) in [5.74, 6) is 0.292. The van der Waals surface area contributed by atoms with Gasteiger partial charge in [-0.05, 0) is 13.5 Å². The number of likely N-dealkylation sites (N-methyl/N-ethyl adjacent to an activating group) is 1. The van der Waals surface area contributed by atoms with Gasteiger partial charge in [-0.25, -0.2) is 9.78 Å². The molecule has 2 heterocycles. The first-order valence-corrected chi connectivity index (χ1v) is 6.55. The van der Waals surface area contributed by atoms with Crippen molar-refractivity contribution in [1.82, 2.24) is 14.9 Å². The van der Waals surface area contributed by atoms with Gasteiger partial charge in [0.25, 0.3) is 0 Å². The highest BCUT2D eigenvalue weighted by Crippen LogP contribution is 2.16. The highest BCUT2D eigenvalue weighted by molar-refractivity contribution is 5.87. The molecule has 0 saturated carbocycles. The maximum absolute atomic E-state index is 11.5. The molecule has 1 atom stereocenters. The van der Waals surface area contributed by atoms with E-state index in [1.54, 1.807) is 6.20 Å². The SMILES string of the molecule is CCN1CCN(c2cncc(C(=O)OC)n2)CC1C. The fourth-order valence-corrected chi connectivity index (χ4v) is 2.38. The predicted octanol–water partition coefficient (Wildman–Crippen LogP) is 0.794. The quantitative estimate of drug-likeness (QED) is 0.752. The fraction of sp³-hybridized carbons (Fsp3) is 0.615. The Morgan fingerprint density at radius 2 is 2.26 bits per heavy atom. The smallest absolute Gasteiger partial charge is 0.358 e. The summed E-state index contributed by atoms with van der Waals surface area (Å²) in [6.45, 7) is 8.23. The van der Waals surface area contributed by atoms with E-state index in [1.807, 2.05) is 0 Å². The molecule has 0 aliphatic carbocycles. The lowest BCUT2D eigenvalue weighted by Gasteiger charge is -2.39. The van der Waals surface area contributed by atoms with Crippen LogP contribution in [0.5, 0.6) is 0 Å². The molecule has 1 aromatic heterocycles. The number of anilines is 1. The maximum atomic E-state index is 11.5. The summed E-state index contributed by atoms with van der Waals surface area (Å²) >= 11 is 0. The number of piperazine rings is 1. The molecular formula is C13H20N4O2. The Kier molecular flexibility index (Phi) is 4.31. The summed E-state index contributed by atoms with van der Waals surface area (Å²) < 4.78 is 4.67. The zero-order valence-corrected chi connectivity index (χ0v) is 11.7. The van der Waals surface area contributed by atoms with Gasteiger partial charge < -0.3 is 9.64 Å². The molecule has 2 rings (SSSR count). The van der Waals surface area contributed by atoms with E-state index in [1.165, 1.54) is 13.3 Å². The van der Waals surface area contributed by atoms with Crippen LogP contribution in [0.15, 0.2) is 12.4 Å². The Hall–Kier alpha value is -1.69. The number of rotatable bonds is 3. The minimum absolute atomic E-state index is 0.255. The number of carbonyl (C=O) groups excluding carboxylic acids is 1. The van der Waals surface area contributed by atoms with Gasteiger partial charge in [-0.1, -0.05) is 6.92 Å². The summed E-state index contributed by atoms with van der Waals surface area (Å²) in [6, 6.07) is 0.474. The van der Waals surface area contributed by atoms with Gasteiger partial charge in [0.05, 0.1) is 19.5 Å². The number of carbonyl (C=O) groups is 1. The van der Waals surface area contributed by atoms with Gasteiger partial charge in [0.2, 0.25) is 0 Å². The van der Waals surface area contributed by atoms with Crippen LogP contribution < -0.4 is 4.90 Å². The van der Waals surface area contributed by atoms with Crippen LogP contribution in [0, 0.1) is 0 Å². The van der Waals surface area contributed by atoms with Crippen LogP contribution in [0.1, 0.15) is 24.3 Å². The lowest BCUT2D eigenvalue weighted by atomic mass is 10.2. The van der Waals surface area contributed by atoms with E-state index in [0.29, 0.717) is 6.04 Å². The van der Waals surface area contributed by atoms with Gasteiger partial charge in [0.15, 0.2) is 5.69 Å². The van der Waals surface area contributed by atoms with Crippen LogP contribution in [-0.2, 0) is 4.74 Å². The van der Waals surface area contributed by atoms with Crippen molar-refractivity contribution < 1.29 is 9.53 Å². The number of hydrogen-bond acceptors (Lipinski definition) is 6. The van der Waals surface area contributed by atoms with E-state index in [-0.39, 0.29) is 5.69 Å². The normalized spacial score (nSPS) is 20.4. The molecule has 0 spiro atoms. The van der Waals surface area contributed by atoms with E-state index in [2.05, 4.69) is 38.4 Å².